The van der Waals surface area contributed by atoms with Crippen molar-refractivity contribution < 1.29 is 8.42 Å². The molecule has 112 valence electrons. The van der Waals surface area contributed by atoms with Gasteiger partial charge in [0.05, 0.1) is 0 Å². The summed E-state index contributed by atoms with van der Waals surface area (Å²) in [6.45, 7) is 2.12. The highest BCUT2D eigenvalue weighted by Gasteiger charge is 2.20. The van der Waals surface area contributed by atoms with Gasteiger partial charge in [-0.1, -0.05) is 28.1 Å². The molecule has 2 aromatic rings. The molecule has 7 heteroatoms. The molecule has 0 aliphatic carbocycles. The molecule has 4 nitrogen and oxygen atoms in total. The monoisotopic (exact) mass is 432 g/mol. The van der Waals surface area contributed by atoms with Crippen molar-refractivity contribution in [3.63, 3.8) is 0 Å². The lowest BCUT2D eigenvalue weighted by molar-refractivity contribution is 0.600. The maximum Gasteiger partial charge on any atom is 0.263 e. The van der Waals surface area contributed by atoms with E-state index in [0.717, 1.165) is 15.6 Å². The first-order chi connectivity index (χ1) is 9.83. The summed E-state index contributed by atoms with van der Waals surface area (Å²) in [5.74, 6) is 0. The average molecular weight is 434 g/mol. The van der Waals surface area contributed by atoms with E-state index in [1.54, 1.807) is 24.3 Å². The zero-order valence-corrected chi connectivity index (χ0v) is 15.2. The Bertz CT molecular complexity index is 777. The second-order valence-electron chi connectivity index (χ2n) is 4.54. The van der Waals surface area contributed by atoms with Crippen molar-refractivity contribution in [2.75, 3.05) is 4.72 Å². The molecule has 0 saturated heterocycles. The van der Waals surface area contributed by atoms with Gasteiger partial charge >= 0.3 is 0 Å². The van der Waals surface area contributed by atoms with Crippen molar-refractivity contribution in [3.05, 3.63) is 56.5 Å². The van der Waals surface area contributed by atoms with Crippen LogP contribution in [0.3, 0.4) is 0 Å². The molecule has 0 radical (unpaired) electrons. The van der Waals surface area contributed by atoms with Crippen LogP contribution in [0.4, 0.5) is 5.69 Å². The van der Waals surface area contributed by atoms with Crippen LogP contribution in [0.15, 0.2) is 50.2 Å². The van der Waals surface area contributed by atoms with Crippen LogP contribution in [0.2, 0.25) is 0 Å². The summed E-state index contributed by atoms with van der Waals surface area (Å²) < 4.78 is 29.0. The molecule has 2 rings (SSSR count). The van der Waals surface area contributed by atoms with Gasteiger partial charge in [-0.05, 0) is 58.2 Å². The van der Waals surface area contributed by atoms with Crippen LogP contribution < -0.4 is 10.5 Å². The molecule has 0 saturated carbocycles. The lowest BCUT2D eigenvalue weighted by Crippen LogP contribution is -2.15. The first-order valence-electron chi connectivity index (χ1n) is 6.11. The number of hydrogen-bond acceptors (Lipinski definition) is 3. The van der Waals surface area contributed by atoms with Crippen molar-refractivity contribution in [1.82, 2.24) is 0 Å². The molecule has 0 amide bonds. The van der Waals surface area contributed by atoms with Crippen LogP contribution in [0, 0.1) is 6.92 Å². The van der Waals surface area contributed by atoms with Crippen molar-refractivity contribution >= 4 is 47.6 Å². The van der Waals surface area contributed by atoms with E-state index in [2.05, 4.69) is 36.6 Å². The number of sulfonamides is 1. The number of halogens is 2. The highest BCUT2D eigenvalue weighted by atomic mass is 79.9. The minimum Gasteiger partial charge on any atom is -0.326 e. The van der Waals surface area contributed by atoms with Gasteiger partial charge in [-0.3, -0.25) is 4.72 Å². The normalized spacial score (nSPS) is 11.4. The number of benzene rings is 2. The third-order valence-electron chi connectivity index (χ3n) is 2.88. The number of rotatable bonds is 4. The maximum absolute atomic E-state index is 12.6. The highest BCUT2D eigenvalue weighted by Crippen LogP contribution is 2.29. The Morgan fingerprint density at radius 3 is 2.52 bits per heavy atom. The summed E-state index contributed by atoms with van der Waals surface area (Å²) in [5, 5.41) is 0. The van der Waals surface area contributed by atoms with Crippen LogP contribution in [0.1, 0.15) is 11.1 Å². The SMILES string of the molecule is Cc1cc(CN)cc(S(=O)(=O)Nc2cccc(Br)c2)c1Br. The fourth-order valence-corrected chi connectivity index (χ4v) is 4.40. The third-order valence-corrected chi connectivity index (χ3v) is 6.10. The first kappa shape index (κ1) is 16.5. The zero-order valence-electron chi connectivity index (χ0n) is 11.2. The number of nitrogens with one attached hydrogen (secondary N) is 1. The topological polar surface area (TPSA) is 72.2 Å². The summed E-state index contributed by atoms with van der Waals surface area (Å²) in [6.07, 6.45) is 0. The number of nitrogens with two attached hydrogens (primary N) is 1. The predicted octanol–water partition coefficient (Wildman–Crippen LogP) is 3.78. The lowest BCUT2D eigenvalue weighted by atomic mass is 10.1. The van der Waals surface area contributed by atoms with E-state index in [4.69, 9.17) is 5.73 Å². The summed E-state index contributed by atoms with van der Waals surface area (Å²) in [4.78, 5) is 0.183. The molecule has 0 atom stereocenters. The standard InChI is InChI=1S/C14H14Br2N2O2S/c1-9-5-10(8-17)6-13(14(9)16)21(19,20)18-12-4-2-3-11(15)7-12/h2-7,18H,8,17H2,1H3. The van der Waals surface area contributed by atoms with Gasteiger partial charge in [-0.2, -0.15) is 0 Å². The van der Waals surface area contributed by atoms with E-state index >= 15 is 0 Å². The van der Waals surface area contributed by atoms with Crippen molar-refractivity contribution in [2.24, 2.45) is 5.73 Å². The van der Waals surface area contributed by atoms with Gasteiger partial charge < -0.3 is 5.73 Å². The van der Waals surface area contributed by atoms with Crippen LogP contribution in [-0.4, -0.2) is 8.42 Å². The molecule has 0 aromatic heterocycles. The Kier molecular flexibility index (Phi) is 5.08. The van der Waals surface area contributed by atoms with E-state index < -0.39 is 10.0 Å². The van der Waals surface area contributed by atoms with Crippen molar-refractivity contribution in [1.29, 1.82) is 0 Å². The molecular formula is C14H14Br2N2O2S. The van der Waals surface area contributed by atoms with Gasteiger partial charge in [0.2, 0.25) is 0 Å². The second kappa shape index (κ2) is 6.48. The number of anilines is 1. The van der Waals surface area contributed by atoms with Crippen LogP contribution in [0.5, 0.6) is 0 Å². The van der Waals surface area contributed by atoms with Gasteiger partial charge in [0.15, 0.2) is 0 Å². The van der Waals surface area contributed by atoms with E-state index in [1.165, 1.54) is 0 Å². The quantitative estimate of drug-likeness (QED) is 0.770. The molecule has 0 heterocycles. The molecular weight excluding hydrogens is 420 g/mol. The minimum absolute atomic E-state index is 0.183. The smallest absolute Gasteiger partial charge is 0.263 e. The Balaban J connectivity index is 2.47. The molecule has 0 spiro atoms. The predicted molar refractivity (Wildman–Crippen MR) is 91.7 cm³/mol. The fourth-order valence-electron chi connectivity index (χ4n) is 1.88. The molecule has 21 heavy (non-hydrogen) atoms. The van der Waals surface area contributed by atoms with Crippen molar-refractivity contribution in [3.8, 4) is 0 Å². The Morgan fingerprint density at radius 2 is 1.90 bits per heavy atom. The molecule has 0 aliphatic rings. The average Bonchev–Trinajstić information content (AvgIpc) is 2.41. The van der Waals surface area contributed by atoms with E-state index in [9.17, 15) is 8.42 Å². The summed E-state index contributed by atoms with van der Waals surface area (Å²) in [6, 6.07) is 10.4. The number of aryl methyl sites for hydroxylation is 1. The van der Waals surface area contributed by atoms with Gasteiger partial charge in [-0.25, -0.2) is 8.42 Å². The summed E-state index contributed by atoms with van der Waals surface area (Å²) >= 11 is 6.65. The first-order valence-corrected chi connectivity index (χ1v) is 9.18. The Morgan fingerprint density at radius 1 is 1.19 bits per heavy atom. The molecule has 0 bridgehead atoms. The van der Waals surface area contributed by atoms with Gasteiger partial charge in [0.25, 0.3) is 10.0 Å². The number of hydrogen-bond donors (Lipinski definition) is 2. The molecule has 0 unspecified atom stereocenters. The second-order valence-corrected chi connectivity index (χ2v) is 7.90. The summed E-state index contributed by atoms with van der Waals surface area (Å²) in [5.41, 5.74) is 7.70. The van der Waals surface area contributed by atoms with Crippen LogP contribution in [-0.2, 0) is 16.6 Å². The van der Waals surface area contributed by atoms with E-state index in [0.29, 0.717) is 10.2 Å². The maximum atomic E-state index is 12.6. The van der Waals surface area contributed by atoms with Gasteiger partial charge in [0.1, 0.15) is 4.90 Å². The lowest BCUT2D eigenvalue weighted by Gasteiger charge is -2.13. The highest BCUT2D eigenvalue weighted by molar-refractivity contribution is 9.10. The van der Waals surface area contributed by atoms with Gasteiger partial charge in [0, 0.05) is 21.2 Å². The van der Waals surface area contributed by atoms with Crippen LogP contribution in [0.25, 0.3) is 0 Å². The zero-order chi connectivity index (χ0) is 15.6. The molecule has 3 N–H and O–H groups in total. The summed E-state index contributed by atoms with van der Waals surface area (Å²) in [7, 11) is -3.69. The van der Waals surface area contributed by atoms with E-state index in [-0.39, 0.29) is 11.4 Å². The third kappa shape index (κ3) is 3.85. The minimum atomic E-state index is -3.69. The van der Waals surface area contributed by atoms with E-state index in [1.807, 2.05) is 19.1 Å². The Labute approximate surface area is 141 Å². The van der Waals surface area contributed by atoms with Crippen LogP contribution >= 0.6 is 31.9 Å². The molecule has 2 aromatic carbocycles. The molecule has 0 fully saturated rings. The largest absolute Gasteiger partial charge is 0.326 e. The Hall–Kier alpha value is -0.890. The van der Waals surface area contributed by atoms with Crippen molar-refractivity contribution in [2.45, 2.75) is 18.4 Å². The fraction of sp³-hybridized carbons (Fsp3) is 0.143. The molecule has 0 aliphatic heterocycles. The van der Waals surface area contributed by atoms with Gasteiger partial charge in [-0.15, -0.1) is 0 Å².